The zero-order chi connectivity index (χ0) is 17.2. The maximum Gasteiger partial charge on any atom is 0.229 e. The molecule has 7 nitrogen and oxygen atoms in total. The summed E-state index contributed by atoms with van der Waals surface area (Å²) in [6, 6.07) is 11.0. The van der Waals surface area contributed by atoms with E-state index in [1.54, 1.807) is 31.3 Å². The van der Waals surface area contributed by atoms with Gasteiger partial charge in [-0.25, -0.2) is 4.98 Å². The van der Waals surface area contributed by atoms with Crippen LogP contribution in [0.1, 0.15) is 44.6 Å². The predicted molar refractivity (Wildman–Crippen MR) is 99.8 cm³/mol. The van der Waals surface area contributed by atoms with Crippen LogP contribution in [-0.2, 0) is 0 Å². The maximum absolute atomic E-state index is 11.5. The Morgan fingerprint density at radius 3 is 2.88 bits per heavy atom. The summed E-state index contributed by atoms with van der Waals surface area (Å²) in [4.78, 5) is 20.1. The topological polar surface area (TPSA) is 95.6 Å². The normalized spacial score (nSPS) is 13.5. The van der Waals surface area contributed by atoms with Gasteiger partial charge in [-0.2, -0.15) is 10.1 Å². The molecule has 3 N–H and O–H groups in total. The first-order chi connectivity index (χ1) is 12.2. The van der Waals surface area contributed by atoms with Gasteiger partial charge in [-0.15, -0.1) is 0 Å². The van der Waals surface area contributed by atoms with Crippen LogP contribution in [0.2, 0.25) is 0 Å². The smallest absolute Gasteiger partial charge is 0.229 e. The third-order valence-corrected chi connectivity index (χ3v) is 4.05. The van der Waals surface area contributed by atoms with E-state index in [9.17, 15) is 4.79 Å². The lowest BCUT2D eigenvalue weighted by Gasteiger charge is -2.07. The molecule has 0 saturated heterocycles. The summed E-state index contributed by atoms with van der Waals surface area (Å²) >= 11 is 0. The Kier molecular flexibility index (Phi) is 3.89. The van der Waals surface area contributed by atoms with E-state index in [1.807, 2.05) is 18.2 Å². The van der Waals surface area contributed by atoms with Crippen LogP contribution in [0.15, 0.2) is 42.6 Å². The first-order valence-electron chi connectivity index (χ1n) is 8.21. The number of nitrogens with zero attached hydrogens (tertiary/aromatic N) is 3. The van der Waals surface area contributed by atoms with Gasteiger partial charge in [-0.05, 0) is 38.0 Å². The summed E-state index contributed by atoms with van der Waals surface area (Å²) < 4.78 is 0. The molecule has 4 rings (SSSR count). The molecule has 1 saturated carbocycles. The van der Waals surface area contributed by atoms with E-state index < -0.39 is 0 Å². The van der Waals surface area contributed by atoms with E-state index in [-0.39, 0.29) is 8.64 Å². The molecule has 130 valence electrons. The molecule has 25 heavy (non-hydrogen) atoms. The number of anilines is 4. The summed E-state index contributed by atoms with van der Waals surface area (Å²) in [6.45, 7) is 1.54. The summed E-state index contributed by atoms with van der Waals surface area (Å²) in [5.41, 5.74) is 2.57. The zero-order valence-electron chi connectivity index (χ0n) is 13.8. The van der Waals surface area contributed by atoms with Crippen molar-refractivity contribution in [2.45, 2.75) is 25.7 Å². The summed E-state index contributed by atoms with van der Waals surface area (Å²) in [5.74, 6) is 2.48. The predicted octanol–water partition coefficient (Wildman–Crippen LogP) is 4.26. The molecule has 0 spiro atoms. The van der Waals surface area contributed by atoms with Gasteiger partial charge in [0.25, 0.3) is 0 Å². The Morgan fingerprint density at radius 2 is 2.08 bits per heavy atom. The Balaban J connectivity index is 0.00000131. The molecular weight excluding hydrogens is 316 g/mol. The molecule has 0 bridgehead atoms. The molecule has 0 atom stereocenters. The number of ketones is 1. The summed E-state index contributed by atoms with van der Waals surface area (Å²) in [5, 5.41) is 13.6. The van der Waals surface area contributed by atoms with Crippen molar-refractivity contribution in [1.82, 2.24) is 20.2 Å². The van der Waals surface area contributed by atoms with Gasteiger partial charge in [0.15, 0.2) is 11.6 Å². The number of nitrogens with one attached hydrogen (secondary N) is 3. The van der Waals surface area contributed by atoms with Gasteiger partial charge in [0.05, 0.1) is 0 Å². The second-order valence-electron chi connectivity index (χ2n) is 6.14. The fraction of sp³-hybridized carbons (Fsp3) is 0.222. The molecule has 0 amide bonds. The SMILES string of the molecule is CC(=O)c1cccc(Nc2nccc(Nc3cc(C4CC4)[nH]n3)n2)c1.[HH].[HH]. The van der Waals surface area contributed by atoms with Crippen LogP contribution in [0, 0.1) is 0 Å². The van der Waals surface area contributed by atoms with Crippen molar-refractivity contribution in [1.29, 1.82) is 0 Å². The number of aromatic nitrogens is 4. The second-order valence-corrected chi connectivity index (χ2v) is 6.14. The number of carbonyl (C=O) groups is 1. The third kappa shape index (κ3) is 3.65. The van der Waals surface area contributed by atoms with Crippen LogP contribution in [0.4, 0.5) is 23.3 Å². The van der Waals surface area contributed by atoms with Crippen molar-refractivity contribution >= 4 is 29.1 Å². The quantitative estimate of drug-likeness (QED) is 0.581. The van der Waals surface area contributed by atoms with Crippen molar-refractivity contribution in [2.75, 3.05) is 10.6 Å². The number of hydrogen-bond acceptors (Lipinski definition) is 6. The zero-order valence-corrected chi connectivity index (χ0v) is 13.8. The third-order valence-electron chi connectivity index (χ3n) is 4.05. The molecule has 0 aliphatic heterocycles. The van der Waals surface area contributed by atoms with E-state index in [4.69, 9.17) is 0 Å². The number of benzene rings is 1. The van der Waals surface area contributed by atoms with Crippen molar-refractivity contribution in [3.8, 4) is 0 Å². The number of aromatic amines is 1. The van der Waals surface area contributed by atoms with Gasteiger partial charge in [0.1, 0.15) is 5.82 Å². The molecular formula is C18H22N6O. The van der Waals surface area contributed by atoms with E-state index in [0.29, 0.717) is 23.2 Å². The second kappa shape index (κ2) is 6.35. The van der Waals surface area contributed by atoms with E-state index >= 15 is 0 Å². The minimum absolute atomic E-state index is 0. The molecule has 2 heterocycles. The minimum Gasteiger partial charge on any atom is -0.324 e. The molecule has 2 aromatic heterocycles. The molecule has 1 aromatic carbocycles. The van der Waals surface area contributed by atoms with E-state index in [2.05, 4.69) is 30.8 Å². The lowest BCUT2D eigenvalue weighted by molar-refractivity contribution is 0.101. The molecule has 1 fully saturated rings. The number of hydrogen-bond donors (Lipinski definition) is 3. The van der Waals surface area contributed by atoms with Crippen molar-refractivity contribution in [2.24, 2.45) is 0 Å². The highest BCUT2D eigenvalue weighted by molar-refractivity contribution is 5.95. The van der Waals surface area contributed by atoms with Crippen LogP contribution < -0.4 is 10.6 Å². The van der Waals surface area contributed by atoms with Gasteiger partial charge >= 0.3 is 0 Å². The van der Waals surface area contributed by atoms with Crippen LogP contribution in [0.3, 0.4) is 0 Å². The fourth-order valence-electron chi connectivity index (χ4n) is 2.57. The maximum atomic E-state index is 11.5. The van der Waals surface area contributed by atoms with Crippen molar-refractivity contribution < 1.29 is 7.65 Å². The minimum atomic E-state index is 0. The average Bonchev–Trinajstić information content (AvgIpc) is 3.35. The number of Topliss-reactive ketones (excluding diaryl/α,β-unsaturated/α-hetero) is 1. The molecule has 3 aromatic rings. The highest BCUT2D eigenvalue weighted by Gasteiger charge is 2.25. The Bertz CT molecular complexity index is 925. The Labute approximate surface area is 147 Å². The number of H-pyrrole nitrogens is 1. The van der Waals surface area contributed by atoms with Gasteiger partial charge in [0.2, 0.25) is 5.95 Å². The summed E-state index contributed by atoms with van der Waals surface area (Å²) in [7, 11) is 0. The highest BCUT2D eigenvalue weighted by Crippen LogP contribution is 2.39. The fourth-order valence-corrected chi connectivity index (χ4v) is 2.57. The lowest BCUT2D eigenvalue weighted by atomic mass is 10.1. The first-order valence-corrected chi connectivity index (χ1v) is 8.21. The van der Waals surface area contributed by atoms with Gasteiger partial charge in [-0.1, -0.05) is 12.1 Å². The van der Waals surface area contributed by atoms with Crippen LogP contribution in [0.5, 0.6) is 0 Å². The molecule has 0 radical (unpaired) electrons. The molecule has 7 heteroatoms. The largest absolute Gasteiger partial charge is 0.324 e. The highest BCUT2D eigenvalue weighted by atomic mass is 16.1. The Hall–Kier alpha value is -3.22. The molecule has 0 unspecified atom stereocenters. The standard InChI is InChI=1S/C18H18N6O.2H2/c1-11(25)13-3-2-4-14(9-13)20-18-19-8-7-16(22-18)21-17-10-15(23-24-17)12-5-6-12;;/h2-4,7-10,12H,5-6H2,1H3,(H3,19,20,21,22,23,24);2*1H. The lowest BCUT2D eigenvalue weighted by Crippen LogP contribution is -2.01. The first kappa shape index (κ1) is 15.3. The van der Waals surface area contributed by atoms with E-state index in [0.717, 1.165) is 17.2 Å². The van der Waals surface area contributed by atoms with E-state index in [1.165, 1.54) is 12.8 Å². The molecule has 1 aliphatic rings. The average molecular weight is 338 g/mol. The van der Waals surface area contributed by atoms with Crippen molar-refractivity contribution in [3.63, 3.8) is 0 Å². The molecule has 1 aliphatic carbocycles. The van der Waals surface area contributed by atoms with Crippen LogP contribution in [-0.4, -0.2) is 25.9 Å². The van der Waals surface area contributed by atoms with Crippen LogP contribution in [0.25, 0.3) is 0 Å². The number of rotatable bonds is 6. The Morgan fingerprint density at radius 1 is 1.20 bits per heavy atom. The monoisotopic (exact) mass is 338 g/mol. The number of carbonyl (C=O) groups excluding carboxylic acids is 1. The van der Waals surface area contributed by atoms with Gasteiger partial charge in [0, 0.05) is 38.0 Å². The van der Waals surface area contributed by atoms with Gasteiger partial charge in [-0.3, -0.25) is 9.89 Å². The van der Waals surface area contributed by atoms with Crippen LogP contribution >= 0.6 is 0 Å². The van der Waals surface area contributed by atoms with Gasteiger partial charge < -0.3 is 10.6 Å². The summed E-state index contributed by atoms with van der Waals surface area (Å²) in [6.07, 6.45) is 4.12. The van der Waals surface area contributed by atoms with Crippen molar-refractivity contribution in [3.05, 3.63) is 53.9 Å².